The summed E-state index contributed by atoms with van der Waals surface area (Å²) in [5.74, 6) is -0.204. The minimum Gasteiger partial charge on any atom is -0.447 e. The van der Waals surface area contributed by atoms with Gasteiger partial charge < -0.3 is 9.53 Å². The van der Waals surface area contributed by atoms with Crippen LogP contribution in [0.25, 0.3) is 0 Å². The monoisotopic (exact) mass is 233 g/mol. The Morgan fingerprint density at radius 1 is 1.47 bits per heavy atom. The molecule has 0 radical (unpaired) electrons. The molecule has 4 heteroatoms. The lowest BCUT2D eigenvalue weighted by Crippen LogP contribution is -2.38. The van der Waals surface area contributed by atoms with Crippen molar-refractivity contribution in [1.29, 1.82) is 0 Å². The molecule has 1 aromatic carbocycles. The molecule has 0 aliphatic carbocycles. The first-order chi connectivity index (χ1) is 8.22. The van der Waals surface area contributed by atoms with E-state index in [4.69, 9.17) is 4.74 Å². The van der Waals surface area contributed by atoms with E-state index in [2.05, 4.69) is 0 Å². The lowest BCUT2D eigenvalue weighted by molar-refractivity contribution is -0.112. The van der Waals surface area contributed by atoms with Gasteiger partial charge >= 0.3 is 6.09 Å². The van der Waals surface area contributed by atoms with Crippen molar-refractivity contribution in [2.24, 2.45) is 5.92 Å². The van der Waals surface area contributed by atoms with E-state index >= 15 is 0 Å². The molecular formula is C13H15NO3. The van der Waals surface area contributed by atoms with Crippen LogP contribution in [-0.2, 0) is 16.1 Å². The molecular weight excluding hydrogens is 218 g/mol. The van der Waals surface area contributed by atoms with Crippen molar-refractivity contribution in [1.82, 2.24) is 4.90 Å². The van der Waals surface area contributed by atoms with E-state index in [1.165, 1.54) is 0 Å². The topological polar surface area (TPSA) is 46.6 Å². The molecule has 0 N–H and O–H groups in total. The maximum atomic E-state index is 11.6. The SMILES string of the molecule is CC(C=O)C1COC(=O)N1Cc1ccccc1. The number of carbonyl (C=O) groups excluding carboxylic acids is 2. The number of rotatable bonds is 4. The van der Waals surface area contributed by atoms with E-state index in [1.807, 2.05) is 30.3 Å². The molecule has 17 heavy (non-hydrogen) atoms. The average molecular weight is 233 g/mol. The van der Waals surface area contributed by atoms with Crippen LogP contribution in [0.1, 0.15) is 12.5 Å². The van der Waals surface area contributed by atoms with Gasteiger partial charge in [0.25, 0.3) is 0 Å². The van der Waals surface area contributed by atoms with Crippen molar-refractivity contribution in [2.75, 3.05) is 6.61 Å². The first-order valence-corrected chi connectivity index (χ1v) is 5.65. The molecule has 0 spiro atoms. The van der Waals surface area contributed by atoms with Crippen LogP contribution < -0.4 is 0 Å². The maximum Gasteiger partial charge on any atom is 0.410 e. The van der Waals surface area contributed by atoms with Gasteiger partial charge in [-0.05, 0) is 5.56 Å². The van der Waals surface area contributed by atoms with Gasteiger partial charge in [-0.15, -0.1) is 0 Å². The Morgan fingerprint density at radius 2 is 2.18 bits per heavy atom. The Morgan fingerprint density at radius 3 is 2.82 bits per heavy atom. The number of carbonyl (C=O) groups is 2. The van der Waals surface area contributed by atoms with Gasteiger partial charge in [0.15, 0.2) is 0 Å². The molecule has 2 rings (SSSR count). The van der Waals surface area contributed by atoms with Crippen LogP contribution in [0.5, 0.6) is 0 Å². The number of benzene rings is 1. The second-order valence-corrected chi connectivity index (χ2v) is 4.25. The van der Waals surface area contributed by atoms with Crippen LogP contribution in [0.2, 0.25) is 0 Å². The van der Waals surface area contributed by atoms with Crippen molar-refractivity contribution in [3.8, 4) is 0 Å². The van der Waals surface area contributed by atoms with Crippen molar-refractivity contribution < 1.29 is 14.3 Å². The minimum atomic E-state index is -0.340. The largest absolute Gasteiger partial charge is 0.447 e. The maximum absolute atomic E-state index is 11.6. The van der Waals surface area contributed by atoms with E-state index in [0.29, 0.717) is 13.2 Å². The highest BCUT2D eigenvalue weighted by molar-refractivity contribution is 5.71. The Hall–Kier alpha value is -1.84. The summed E-state index contributed by atoms with van der Waals surface area (Å²) < 4.78 is 5.00. The highest BCUT2D eigenvalue weighted by atomic mass is 16.6. The van der Waals surface area contributed by atoms with E-state index in [0.717, 1.165) is 11.8 Å². The Labute approximate surface area is 100 Å². The average Bonchev–Trinajstić information content (AvgIpc) is 2.72. The molecule has 1 amide bonds. The number of hydrogen-bond acceptors (Lipinski definition) is 3. The molecule has 4 nitrogen and oxygen atoms in total. The van der Waals surface area contributed by atoms with Crippen molar-refractivity contribution in [3.05, 3.63) is 35.9 Å². The first-order valence-electron chi connectivity index (χ1n) is 5.65. The van der Waals surface area contributed by atoms with Gasteiger partial charge in [0.1, 0.15) is 12.9 Å². The Bertz CT molecular complexity index is 404. The fourth-order valence-electron chi connectivity index (χ4n) is 1.95. The molecule has 1 heterocycles. The minimum absolute atomic E-state index is 0.153. The number of nitrogens with zero attached hydrogens (tertiary/aromatic N) is 1. The molecule has 1 saturated heterocycles. The van der Waals surface area contributed by atoms with Crippen LogP contribution in [-0.4, -0.2) is 29.9 Å². The van der Waals surface area contributed by atoms with Crippen molar-refractivity contribution in [3.63, 3.8) is 0 Å². The molecule has 1 aliphatic rings. The van der Waals surface area contributed by atoms with E-state index in [1.54, 1.807) is 11.8 Å². The van der Waals surface area contributed by atoms with Gasteiger partial charge in [-0.2, -0.15) is 0 Å². The molecule has 0 bridgehead atoms. The molecule has 1 fully saturated rings. The molecule has 0 saturated carbocycles. The van der Waals surface area contributed by atoms with Gasteiger partial charge in [0.05, 0.1) is 6.04 Å². The van der Waals surface area contributed by atoms with E-state index in [9.17, 15) is 9.59 Å². The van der Waals surface area contributed by atoms with Gasteiger partial charge in [-0.1, -0.05) is 37.3 Å². The predicted octanol–water partition coefficient (Wildman–Crippen LogP) is 1.84. The van der Waals surface area contributed by atoms with Crippen LogP contribution in [0.15, 0.2) is 30.3 Å². The van der Waals surface area contributed by atoms with Gasteiger partial charge in [0.2, 0.25) is 0 Å². The lowest BCUT2D eigenvalue weighted by atomic mass is 10.0. The number of hydrogen-bond donors (Lipinski definition) is 0. The van der Waals surface area contributed by atoms with Crippen LogP contribution in [0.4, 0.5) is 4.79 Å². The number of cyclic esters (lactones) is 1. The molecule has 90 valence electrons. The fraction of sp³-hybridized carbons (Fsp3) is 0.385. The van der Waals surface area contributed by atoms with Gasteiger partial charge in [-0.25, -0.2) is 4.79 Å². The summed E-state index contributed by atoms with van der Waals surface area (Å²) in [6.45, 7) is 2.59. The fourth-order valence-corrected chi connectivity index (χ4v) is 1.95. The Kier molecular flexibility index (Phi) is 3.42. The lowest BCUT2D eigenvalue weighted by Gasteiger charge is -2.23. The zero-order chi connectivity index (χ0) is 12.3. The van der Waals surface area contributed by atoms with Crippen LogP contribution >= 0.6 is 0 Å². The summed E-state index contributed by atoms with van der Waals surface area (Å²) in [4.78, 5) is 24.0. The Balaban J connectivity index is 2.12. The smallest absolute Gasteiger partial charge is 0.410 e. The third-order valence-corrected chi connectivity index (χ3v) is 3.03. The predicted molar refractivity (Wildman–Crippen MR) is 62.3 cm³/mol. The summed E-state index contributed by atoms with van der Waals surface area (Å²) in [6.07, 6.45) is 0.525. The summed E-state index contributed by atoms with van der Waals surface area (Å²) in [5, 5.41) is 0. The van der Waals surface area contributed by atoms with E-state index < -0.39 is 0 Å². The summed E-state index contributed by atoms with van der Waals surface area (Å²) >= 11 is 0. The van der Waals surface area contributed by atoms with E-state index in [-0.39, 0.29) is 18.1 Å². The summed E-state index contributed by atoms with van der Waals surface area (Å²) in [7, 11) is 0. The summed E-state index contributed by atoms with van der Waals surface area (Å²) in [5.41, 5.74) is 1.04. The third-order valence-electron chi connectivity index (χ3n) is 3.03. The molecule has 2 unspecified atom stereocenters. The quantitative estimate of drug-likeness (QED) is 0.745. The molecule has 1 aliphatic heterocycles. The highest BCUT2D eigenvalue weighted by Crippen LogP contribution is 2.21. The molecule has 2 atom stereocenters. The number of aldehydes is 1. The van der Waals surface area contributed by atoms with Crippen molar-refractivity contribution in [2.45, 2.75) is 19.5 Å². The second kappa shape index (κ2) is 4.99. The third kappa shape index (κ3) is 2.46. The van der Waals surface area contributed by atoms with Crippen LogP contribution in [0.3, 0.4) is 0 Å². The van der Waals surface area contributed by atoms with Crippen LogP contribution in [0, 0.1) is 5.92 Å². The van der Waals surface area contributed by atoms with Gasteiger partial charge in [0, 0.05) is 12.5 Å². The second-order valence-electron chi connectivity index (χ2n) is 4.25. The van der Waals surface area contributed by atoms with Crippen molar-refractivity contribution >= 4 is 12.4 Å². The highest BCUT2D eigenvalue weighted by Gasteiger charge is 2.36. The zero-order valence-corrected chi connectivity index (χ0v) is 9.70. The van der Waals surface area contributed by atoms with Gasteiger partial charge in [-0.3, -0.25) is 4.90 Å². The standard InChI is InChI=1S/C13H15NO3/c1-10(8-15)12-9-17-13(16)14(12)7-11-5-3-2-4-6-11/h2-6,8,10,12H,7,9H2,1H3. The molecule has 1 aromatic rings. The zero-order valence-electron chi connectivity index (χ0n) is 9.70. The number of amides is 1. The summed E-state index contributed by atoms with van der Waals surface area (Å²) in [6, 6.07) is 9.53. The first kappa shape index (κ1) is 11.6. The normalized spacial score (nSPS) is 21.1. The molecule has 0 aromatic heterocycles. The number of ether oxygens (including phenoxy) is 1.